The summed E-state index contributed by atoms with van der Waals surface area (Å²) in [5, 5.41) is 0. The molecule has 0 heterocycles. The number of unbranched alkanes of at least 4 members (excludes halogenated alkanes) is 4. The monoisotopic (exact) mass is 426 g/mol. The molecule has 0 aromatic heterocycles. The maximum Gasteiger partial charge on any atom is 0.338 e. The minimum Gasteiger partial charge on any atom is -0.493 e. The van der Waals surface area contributed by atoms with Crippen LogP contribution in [0, 0.1) is 19.8 Å². The SMILES string of the molecule is CCOC(=O)c1ccc(Oc2cc(C)c(OCCCCCCCC(C)C)cc2C)cc1. The van der Waals surface area contributed by atoms with Gasteiger partial charge in [0, 0.05) is 0 Å². The molecule has 2 aromatic rings. The van der Waals surface area contributed by atoms with Crippen LogP contribution in [0.1, 0.15) is 80.8 Å². The molecule has 4 nitrogen and oxygen atoms in total. The molecule has 0 atom stereocenters. The van der Waals surface area contributed by atoms with Crippen molar-refractivity contribution in [1.29, 1.82) is 0 Å². The molecule has 0 spiro atoms. The van der Waals surface area contributed by atoms with Crippen molar-refractivity contribution < 1.29 is 19.0 Å². The van der Waals surface area contributed by atoms with Crippen LogP contribution in [0.3, 0.4) is 0 Å². The third kappa shape index (κ3) is 8.64. The lowest BCUT2D eigenvalue weighted by Gasteiger charge is -2.14. The Labute approximate surface area is 187 Å². The van der Waals surface area contributed by atoms with E-state index in [0.717, 1.165) is 41.6 Å². The number of carbonyl (C=O) groups excluding carboxylic acids is 1. The highest BCUT2D eigenvalue weighted by Crippen LogP contribution is 2.31. The summed E-state index contributed by atoms with van der Waals surface area (Å²) in [5.74, 6) is 2.88. The molecule has 0 radical (unpaired) electrons. The number of rotatable bonds is 13. The topological polar surface area (TPSA) is 44.8 Å². The molecular weight excluding hydrogens is 388 g/mol. The minimum atomic E-state index is -0.321. The fourth-order valence-electron chi connectivity index (χ4n) is 3.40. The summed E-state index contributed by atoms with van der Waals surface area (Å²) in [6, 6.07) is 11.1. The first-order chi connectivity index (χ1) is 14.9. The molecule has 0 aliphatic heterocycles. The first-order valence-electron chi connectivity index (χ1n) is 11.6. The Morgan fingerprint density at radius 1 is 0.871 bits per heavy atom. The van der Waals surface area contributed by atoms with Crippen LogP contribution < -0.4 is 9.47 Å². The van der Waals surface area contributed by atoms with Crippen LogP contribution in [0.4, 0.5) is 0 Å². The summed E-state index contributed by atoms with van der Waals surface area (Å²) in [5.41, 5.74) is 2.59. The predicted molar refractivity (Wildman–Crippen MR) is 126 cm³/mol. The molecular formula is C27H38O4. The molecule has 2 rings (SSSR count). The maximum atomic E-state index is 11.8. The van der Waals surface area contributed by atoms with Gasteiger partial charge in [0.15, 0.2) is 0 Å². The number of ether oxygens (including phenoxy) is 3. The number of hydrogen-bond donors (Lipinski definition) is 0. The van der Waals surface area contributed by atoms with E-state index < -0.39 is 0 Å². The third-order valence-corrected chi connectivity index (χ3v) is 5.25. The Hall–Kier alpha value is -2.49. The highest BCUT2D eigenvalue weighted by molar-refractivity contribution is 5.89. The summed E-state index contributed by atoms with van der Waals surface area (Å²) in [4.78, 5) is 11.8. The van der Waals surface area contributed by atoms with Gasteiger partial charge in [0.2, 0.25) is 0 Å². The zero-order valence-corrected chi connectivity index (χ0v) is 19.8. The summed E-state index contributed by atoms with van der Waals surface area (Å²) >= 11 is 0. The van der Waals surface area contributed by atoms with Crippen molar-refractivity contribution in [3.8, 4) is 17.2 Å². The molecule has 0 aliphatic rings. The van der Waals surface area contributed by atoms with Crippen LogP contribution in [0.2, 0.25) is 0 Å². The lowest BCUT2D eigenvalue weighted by atomic mass is 10.0. The fourth-order valence-corrected chi connectivity index (χ4v) is 3.40. The van der Waals surface area contributed by atoms with Crippen molar-refractivity contribution in [1.82, 2.24) is 0 Å². The van der Waals surface area contributed by atoms with E-state index in [-0.39, 0.29) is 5.97 Å². The van der Waals surface area contributed by atoms with Gasteiger partial charge in [-0.05, 0) is 80.6 Å². The third-order valence-electron chi connectivity index (χ3n) is 5.25. The molecule has 4 heteroatoms. The van der Waals surface area contributed by atoms with E-state index in [0.29, 0.717) is 17.9 Å². The zero-order chi connectivity index (χ0) is 22.6. The average molecular weight is 427 g/mol. The van der Waals surface area contributed by atoms with E-state index in [1.165, 1.54) is 32.1 Å². The minimum absolute atomic E-state index is 0.321. The first-order valence-corrected chi connectivity index (χ1v) is 11.6. The van der Waals surface area contributed by atoms with Crippen LogP contribution in [-0.4, -0.2) is 19.2 Å². The molecule has 0 amide bonds. The number of esters is 1. The van der Waals surface area contributed by atoms with E-state index in [1.807, 2.05) is 26.0 Å². The summed E-state index contributed by atoms with van der Waals surface area (Å²) in [7, 11) is 0. The average Bonchev–Trinajstić information content (AvgIpc) is 2.73. The second kappa shape index (κ2) is 13.0. The Balaban J connectivity index is 1.83. The molecule has 0 bridgehead atoms. The standard InChI is InChI=1S/C27H38O4/c1-6-29-27(28)23-13-15-24(16-14-23)31-26-19-21(4)25(18-22(26)5)30-17-11-9-7-8-10-12-20(2)3/h13-16,18-20H,6-12,17H2,1-5H3. The second-order valence-corrected chi connectivity index (χ2v) is 8.53. The lowest BCUT2D eigenvalue weighted by molar-refractivity contribution is 0.0526. The smallest absolute Gasteiger partial charge is 0.338 e. The van der Waals surface area contributed by atoms with E-state index in [1.54, 1.807) is 31.2 Å². The Morgan fingerprint density at radius 2 is 1.48 bits per heavy atom. The quantitative estimate of drug-likeness (QED) is 0.244. The van der Waals surface area contributed by atoms with Gasteiger partial charge in [0.05, 0.1) is 18.8 Å². The van der Waals surface area contributed by atoms with Gasteiger partial charge in [-0.25, -0.2) is 4.79 Å². The van der Waals surface area contributed by atoms with Crippen LogP contribution in [0.5, 0.6) is 17.2 Å². The molecule has 0 saturated heterocycles. The molecule has 0 fully saturated rings. The summed E-state index contributed by atoms with van der Waals surface area (Å²) in [6.07, 6.45) is 7.59. The van der Waals surface area contributed by atoms with Crippen LogP contribution in [-0.2, 0) is 4.74 Å². The predicted octanol–water partition coefficient (Wildman–Crippen LogP) is 7.65. The molecule has 2 aromatic carbocycles. The van der Waals surface area contributed by atoms with Crippen molar-refractivity contribution >= 4 is 5.97 Å². The first kappa shape index (κ1) is 24.8. The van der Waals surface area contributed by atoms with Gasteiger partial charge in [0.25, 0.3) is 0 Å². The number of hydrogen-bond acceptors (Lipinski definition) is 4. The van der Waals surface area contributed by atoms with Crippen molar-refractivity contribution in [3.05, 3.63) is 53.1 Å². The number of benzene rings is 2. The molecule has 31 heavy (non-hydrogen) atoms. The van der Waals surface area contributed by atoms with Crippen molar-refractivity contribution in [2.75, 3.05) is 13.2 Å². The van der Waals surface area contributed by atoms with Crippen LogP contribution in [0.15, 0.2) is 36.4 Å². The highest BCUT2D eigenvalue weighted by Gasteiger charge is 2.10. The Bertz CT molecular complexity index is 809. The number of carbonyl (C=O) groups is 1. The van der Waals surface area contributed by atoms with Crippen LogP contribution in [0.25, 0.3) is 0 Å². The Morgan fingerprint density at radius 3 is 2.16 bits per heavy atom. The van der Waals surface area contributed by atoms with Gasteiger partial charge in [-0.3, -0.25) is 0 Å². The highest BCUT2D eigenvalue weighted by atomic mass is 16.5. The lowest BCUT2D eigenvalue weighted by Crippen LogP contribution is -2.04. The largest absolute Gasteiger partial charge is 0.493 e. The van der Waals surface area contributed by atoms with Gasteiger partial charge >= 0.3 is 5.97 Å². The van der Waals surface area contributed by atoms with Gasteiger partial charge in [-0.1, -0.05) is 46.0 Å². The van der Waals surface area contributed by atoms with E-state index in [4.69, 9.17) is 14.2 Å². The van der Waals surface area contributed by atoms with E-state index in [2.05, 4.69) is 13.8 Å². The van der Waals surface area contributed by atoms with E-state index >= 15 is 0 Å². The fraction of sp³-hybridized carbons (Fsp3) is 0.519. The molecule has 0 saturated carbocycles. The van der Waals surface area contributed by atoms with E-state index in [9.17, 15) is 4.79 Å². The molecule has 0 unspecified atom stereocenters. The zero-order valence-electron chi connectivity index (χ0n) is 19.8. The molecule has 0 N–H and O–H groups in total. The van der Waals surface area contributed by atoms with Crippen LogP contribution >= 0.6 is 0 Å². The van der Waals surface area contributed by atoms with Gasteiger partial charge in [-0.2, -0.15) is 0 Å². The van der Waals surface area contributed by atoms with Crippen molar-refractivity contribution in [3.63, 3.8) is 0 Å². The van der Waals surface area contributed by atoms with Gasteiger partial charge in [0.1, 0.15) is 17.2 Å². The molecule has 0 aliphatic carbocycles. The van der Waals surface area contributed by atoms with Gasteiger partial charge in [-0.15, -0.1) is 0 Å². The number of aryl methyl sites for hydroxylation is 2. The van der Waals surface area contributed by atoms with Crippen molar-refractivity contribution in [2.45, 2.75) is 73.1 Å². The normalized spacial score (nSPS) is 10.9. The Kier molecular flexibility index (Phi) is 10.4. The second-order valence-electron chi connectivity index (χ2n) is 8.53. The van der Waals surface area contributed by atoms with Crippen molar-refractivity contribution in [2.24, 2.45) is 5.92 Å². The summed E-state index contributed by atoms with van der Waals surface area (Å²) < 4.78 is 17.1. The molecule has 170 valence electrons. The summed E-state index contributed by atoms with van der Waals surface area (Å²) in [6.45, 7) is 11.5. The maximum absolute atomic E-state index is 11.8. The van der Waals surface area contributed by atoms with Gasteiger partial charge < -0.3 is 14.2 Å².